The number of amides is 1. The van der Waals surface area contributed by atoms with Crippen LogP contribution in [-0.2, 0) is 9.59 Å². The van der Waals surface area contributed by atoms with E-state index in [2.05, 4.69) is 46.1 Å². The lowest BCUT2D eigenvalue weighted by atomic mass is 9.92. The Bertz CT molecular complexity index is 2230. The Morgan fingerprint density at radius 3 is 1.42 bits per heavy atom. The van der Waals surface area contributed by atoms with Gasteiger partial charge in [-0.25, -0.2) is 26.9 Å². The molecule has 4 aromatic heterocycles. The van der Waals surface area contributed by atoms with Crippen molar-refractivity contribution in [3.05, 3.63) is 48.0 Å². The topological polar surface area (TPSA) is 179 Å². The van der Waals surface area contributed by atoms with Crippen LogP contribution in [0.15, 0.2) is 36.7 Å². The molecular formula is C44H61ClF4N12O4. The van der Waals surface area contributed by atoms with Crippen molar-refractivity contribution in [1.29, 1.82) is 0 Å². The number of carbonyl (C=O) groups excluding carboxylic acids is 2. The Hall–Kier alpha value is -5.11. The van der Waals surface area contributed by atoms with Gasteiger partial charge in [0.25, 0.3) is 11.9 Å². The van der Waals surface area contributed by atoms with Gasteiger partial charge >= 0.3 is 0 Å². The van der Waals surface area contributed by atoms with Gasteiger partial charge in [0.05, 0.1) is 24.5 Å². The van der Waals surface area contributed by atoms with Crippen LogP contribution in [0.4, 0.5) is 29.2 Å². The van der Waals surface area contributed by atoms with Gasteiger partial charge in [0.15, 0.2) is 0 Å². The quantitative estimate of drug-likeness (QED) is 0.104. The molecule has 356 valence electrons. The molecule has 1 amide bonds. The highest BCUT2D eigenvalue weighted by Crippen LogP contribution is 2.36. The third kappa shape index (κ3) is 14.4. The van der Waals surface area contributed by atoms with Crippen molar-refractivity contribution in [1.82, 2.24) is 49.7 Å². The number of carbonyl (C=O) groups is 2. The Balaban J connectivity index is 0.000000191. The summed E-state index contributed by atoms with van der Waals surface area (Å²) < 4.78 is 68.8. The number of alkyl halides is 4. The van der Waals surface area contributed by atoms with E-state index in [1.165, 1.54) is 0 Å². The Morgan fingerprint density at radius 1 is 0.692 bits per heavy atom. The SMILES string of the molecule is CC(C)(C)C(=O)Cl.Cc1ccn(-c2nc(NC3CCC(F)(F)CC3)cc(OC3CN(C(=O)C(C)(C)C)C3)n2)n1.Cc1ccn(-c2nc(NC3CCC(F)(F)CC3)cc(OC3CNC3)n2)n1. The number of aromatic nitrogens is 8. The molecule has 21 heteroatoms. The smallest absolute Gasteiger partial charge is 0.255 e. The molecule has 16 nitrogen and oxygen atoms in total. The summed E-state index contributed by atoms with van der Waals surface area (Å²) in [5, 5.41) is 18.1. The van der Waals surface area contributed by atoms with Crippen LogP contribution in [0.5, 0.6) is 11.8 Å². The van der Waals surface area contributed by atoms with Crippen LogP contribution < -0.4 is 25.4 Å². The average Bonchev–Trinajstić information content (AvgIpc) is 3.83. The molecule has 0 atom stereocenters. The number of hydrogen-bond acceptors (Lipinski definition) is 13. The molecule has 6 heterocycles. The van der Waals surface area contributed by atoms with Crippen LogP contribution in [-0.4, -0.2) is 118 Å². The molecule has 0 bridgehead atoms. The number of nitrogens with zero attached hydrogens (tertiary/aromatic N) is 9. The molecule has 0 aromatic carbocycles. The van der Waals surface area contributed by atoms with Crippen molar-refractivity contribution in [2.75, 3.05) is 36.8 Å². The highest BCUT2D eigenvalue weighted by atomic mass is 35.5. The second-order valence-electron chi connectivity index (χ2n) is 19.3. The fourth-order valence-corrected chi connectivity index (χ4v) is 6.98. The van der Waals surface area contributed by atoms with Crippen LogP contribution in [0.3, 0.4) is 0 Å². The van der Waals surface area contributed by atoms with E-state index in [0.29, 0.717) is 74.1 Å². The molecule has 0 spiro atoms. The molecule has 2 saturated carbocycles. The van der Waals surface area contributed by atoms with Gasteiger partial charge in [-0.15, -0.1) is 0 Å². The summed E-state index contributed by atoms with van der Waals surface area (Å²) in [7, 11) is 0. The van der Waals surface area contributed by atoms with Gasteiger partial charge in [0, 0.05) is 86.2 Å². The van der Waals surface area contributed by atoms with Gasteiger partial charge in [-0.1, -0.05) is 41.5 Å². The van der Waals surface area contributed by atoms with Gasteiger partial charge in [0.1, 0.15) is 23.8 Å². The number of hydrogen-bond donors (Lipinski definition) is 3. The first-order valence-electron chi connectivity index (χ1n) is 22.1. The summed E-state index contributed by atoms with van der Waals surface area (Å²) in [6.45, 7) is 17.3. The van der Waals surface area contributed by atoms with Crippen LogP contribution in [0.1, 0.15) is 104 Å². The number of nitrogens with one attached hydrogen (secondary N) is 3. The zero-order valence-electron chi connectivity index (χ0n) is 38.3. The van der Waals surface area contributed by atoms with Crippen molar-refractivity contribution in [3.63, 3.8) is 0 Å². The molecule has 3 N–H and O–H groups in total. The summed E-state index contributed by atoms with van der Waals surface area (Å²) in [6.07, 6.45) is 4.56. The molecule has 65 heavy (non-hydrogen) atoms. The largest absolute Gasteiger partial charge is 0.471 e. The van der Waals surface area contributed by atoms with Gasteiger partial charge < -0.3 is 30.3 Å². The predicted molar refractivity (Wildman–Crippen MR) is 237 cm³/mol. The van der Waals surface area contributed by atoms with Gasteiger partial charge in [0.2, 0.25) is 34.8 Å². The zero-order valence-corrected chi connectivity index (χ0v) is 39.1. The van der Waals surface area contributed by atoms with E-state index >= 15 is 0 Å². The monoisotopic (exact) mass is 932 g/mol. The number of anilines is 2. The summed E-state index contributed by atoms with van der Waals surface area (Å²) >= 11 is 5.11. The van der Waals surface area contributed by atoms with E-state index < -0.39 is 17.3 Å². The Morgan fingerprint density at radius 2 is 1.09 bits per heavy atom. The van der Waals surface area contributed by atoms with Crippen molar-refractivity contribution < 1.29 is 36.6 Å². The lowest BCUT2D eigenvalue weighted by Gasteiger charge is -2.41. The third-order valence-electron chi connectivity index (χ3n) is 11.1. The molecule has 2 aliphatic carbocycles. The van der Waals surface area contributed by atoms with E-state index in [4.69, 9.17) is 21.1 Å². The van der Waals surface area contributed by atoms with Gasteiger partial charge in [-0.05, 0) is 63.3 Å². The first kappa shape index (κ1) is 49.3. The lowest BCUT2D eigenvalue weighted by Crippen LogP contribution is -2.58. The minimum Gasteiger partial charge on any atom is -0.471 e. The van der Waals surface area contributed by atoms with E-state index in [-0.39, 0.29) is 66.5 Å². The van der Waals surface area contributed by atoms with E-state index in [0.717, 1.165) is 24.5 Å². The normalized spacial score (nSPS) is 19.1. The Kier molecular flexibility index (Phi) is 15.3. The second-order valence-corrected chi connectivity index (χ2v) is 19.6. The summed E-state index contributed by atoms with van der Waals surface area (Å²) in [5.41, 5.74) is 0.867. The van der Waals surface area contributed by atoms with E-state index in [1.807, 2.05) is 46.8 Å². The maximum absolute atomic E-state index is 13.5. The molecule has 8 rings (SSSR count). The minimum atomic E-state index is -2.59. The molecule has 2 aliphatic heterocycles. The lowest BCUT2D eigenvalue weighted by molar-refractivity contribution is -0.148. The molecule has 2 saturated heterocycles. The molecule has 0 unspecified atom stereocenters. The average molecular weight is 933 g/mol. The molecule has 0 radical (unpaired) electrons. The molecular weight excluding hydrogens is 872 g/mol. The molecule has 4 fully saturated rings. The van der Waals surface area contributed by atoms with Crippen molar-refractivity contribution in [3.8, 4) is 23.7 Å². The van der Waals surface area contributed by atoms with Crippen LogP contribution in [0.2, 0.25) is 0 Å². The van der Waals surface area contributed by atoms with Crippen LogP contribution >= 0.6 is 11.6 Å². The summed E-state index contributed by atoms with van der Waals surface area (Å²) in [6, 6.07) is 6.99. The van der Waals surface area contributed by atoms with Crippen LogP contribution in [0.25, 0.3) is 11.9 Å². The fourth-order valence-electron chi connectivity index (χ4n) is 6.98. The summed E-state index contributed by atoms with van der Waals surface area (Å²) in [5.74, 6) is -2.42. The van der Waals surface area contributed by atoms with E-state index in [1.54, 1.807) is 59.6 Å². The standard InChI is InChI=1S/C22H30F2N6O2.C17H22F2N6O.C5H9ClO/c1-14-7-10-30(28-14)20-26-17(25-15-5-8-22(23,24)9-6-15)11-18(27-20)32-16-12-29(13-16)19(31)21(2,3)4;1-11-4-7-25(24-11)16-22-14(8-15(23-16)26-13-9-20-10-13)21-12-2-5-17(18,19)6-3-12;1-5(2,3)4(6)7/h7,10-11,15-16H,5-6,8-9,12-13H2,1-4H3,(H,25,26,27);4,7-8,12-13,20H,2-3,5-6,9-10H2,1H3,(H,21,22,23);1-3H3. The highest BCUT2D eigenvalue weighted by Gasteiger charge is 2.39. The number of likely N-dealkylation sites (tertiary alicyclic amines) is 1. The number of aryl methyl sites for hydroxylation is 2. The zero-order chi connectivity index (χ0) is 47.3. The molecule has 4 aromatic rings. The van der Waals surface area contributed by atoms with Gasteiger partial charge in [-0.2, -0.15) is 30.1 Å². The highest BCUT2D eigenvalue weighted by molar-refractivity contribution is 6.64. The number of rotatable bonds is 10. The minimum absolute atomic E-state index is 0.0325. The van der Waals surface area contributed by atoms with E-state index in [9.17, 15) is 27.2 Å². The Labute approximate surface area is 382 Å². The third-order valence-corrected chi connectivity index (χ3v) is 11.6. The summed E-state index contributed by atoms with van der Waals surface area (Å²) in [4.78, 5) is 42.3. The van der Waals surface area contributed by atoms with Crippen molar-refractivity contribution in [2.24, 2.45) is 10.8 Å². The number of halogens is 5. The number of ether oxygens (including phenoxy) is 2. The van der Waals surface area contributed by atoms with Crippen LogP contribution in [0, 0.1) is 24.7 Å². The molecule has 4 aliphatic rings. The van der Waals surface area contributed by atoms with Gasteiger partial charge in [-0.3, -0.25) is 9.59 Å². The fraction of sp³-hybridized carbons (Fsp3) is 0.636. The first-order chi connectivity index (χ1) is 30.4. The second kappa shape index (κ2) is 20.2. The maximum atomic E-state index is 13.5. The first-order valence-corrected chi connectivity index (χ1v) is 22.4. The van der Waals surface area contributed by atoms with Crippen molar-refractivity contribution >= 4 is 34.4 Å². The maximum Gasteiger partial charge on any atom is 0.255 e. The predicted octanol–water partition coefficient (Wildman–Crippen LogP) is 7.71. The van der Waals surface area contributed by atoms with Crippen molar-refractivity contribution in [2.45, 2.75) is 143 Å².